The van der Waals surface area contributed by atoms with Crippen molar-refractivity contribution in [3.63, 3.8) is 0 Å². The Balaban J connectivity index is 2.86. The van der Waals surface area contributed by atoms with Crippen LogP contribution in [0.15, 0.2) is 22.7 Å². The largest absolute Gasteiger partial charge is 0.207 e. The second kappa shape index (κ2) is 5.63. The van der Waals surface area contributed by atoms with E-state index >= 15 is 0 Å². The van der Waals surface area contributed by atoms with Crippen LogP contribution in [0.5, 0.6) is 0 Å². The number of alkyl halides is 1. The predicted octanol–water partition coefficient (Wildman–Crippen LogP) is 5.19. The maximum Gasteiger partial charge on any atom is 0.127 e. The van der Waals surface area contributed by atoms with Crippen molar-refractivity contribution < 1.29 is 4.39 Å². The van der Waals surface area contributed by atoms with Crippen LogP contribution >= 0.6 is 31.9 Å². The third kappa shape index (κ3) is 3.85. The van der Waals surface area contributed by atoms with Crippen molar-refractivity contribution in [1.82, 2.24) is 0 Å². The van der Waals surface area contributed by atoms with E-state index in [1.54, 1.807) is 0 Å². The topological polar surface area (TPSA) is 0 Å². The summed E-state index contributed by atoms with van der Waals surface area (Å²) in [5.41, 5.74) is 0.978. The molecule has 90 valence electrons. The lowest BCUT2D eigenvalue weighted by Gasteiger charge is -2.29. The van der Waals surface area contributed by atoms with Gasteiger partial charge >= 0.3 is 0 Å². The smallest absolute Gasteiger partial charge is 0.127 e. The van der Waals surface area contributed by atoms with Crippen LogP contribution in [0.4, 0.5) is 4.39 Å². The Morgan fingerprint density at radius 2 is 1.94 bits per heavy atom. The van der Waals surface area contributed by atoms with Gasteiger partial charge in [-0.25, -0.2) is 4.39 Å². The molecule has 0 saturated heterocycles. The standard InChI is InChI=1S/C13H17Br2F/c1-13(2,3)10(8-14)6-9-4-5-11(15)7-12(9)16/h4-5,7,10H,6,8H2,1-3H3. The molecule has 0 N–H and O–H groups in total. The molecule has 0 fully saturated rings. The molecule has 0 aliphatic heterocycles. The van der Waals surface area contributed by atoms with Crippen molar-refractivity contribution in [2.75, 3.05) is 5.33 Å². The Hall–Kier alpha value is 0.110. The second-order valence-electron chi connectivity index (χ2n) is 5.16. The first-order chi connectivity index (χ1) is 7.34. The Morgan fingerprint density at radius 1 is 1.31 bits per heavy atom. The maximum absolute atomic E-state index is 13.7. The molecule has 0 bridgehead atoms. The van der Waals surface area contributed by atoms with Crippen LogP contribution in [0, 0.1) is 17.2 Å². The summed E-state index contributed by atoms with van der Waals surface area (Å²) in [6.45, 7) is 6.57. The van der Waals surface area contributed by atoms with Crippen LogP contribution < -0.4 is 0 Å². The zero-order valence-corrected chi connectivity index (χ0v) is 13.0. The first-order valence-electron chi connectivity index (χ1n) is 5.34. The Bertz CT molecular complexity index is 355. The van der Waals surface area contributed by atoms with Crippen LogP contribution in [-0.2, 0) is 6.42 Å². The summed E-state index contributed by atoms with van der Waals surface area (Å²) in [6, 6.07) is 5.29. The summed E-state index contributed by atoms with van der Waals surface area (Å²) in [5, 5.41) is 0.895. The van der Waals surface area contributed by atoms with Crippen molar-refractivity contribution >= 4 is 31.9 Å². The van der Waals surface area contributed by atoms with E-state index in [0.717, 1.165) is 21.8 Å². The normalized spacial score (nSPS) is 13.9. The highest BCUT2D eigenvalue weighted by Gasteiger charge is 2.24. The van der Waals surface area contributed by atoms with Crippen LogP contribution in [0.3, 0.4) is 0 Å². The molecule has 0 saturated carbocycles. The fourth-order valence-corrected chi connectivity index (χ4v) is 3.08. The van der Waals surface area contributed by atoms with Crippen LogP contribution in [0.2, 0.25) is 0 Å². The SMILES string of the molecule is CC(C)(C)C(CBr)Cc1ccc(Br)cc1F. The molecular weight excluding hydrogens is 335 g/mol. The van der Waals surface area contributed by atoms with Gasteiger partial charge in [0, 0.05) is 9.80 Å². The van der Waals surface area contributed by atoms with Gasteiger partial charge < -0.3 is 0 Å². The molecule has 1 rings (SSSR count). The van der Waals surface area contributed by atoms with Gasteiger partial charge in [0.1, 0.15) is 5.82 Å². The molecule has 0 heterocycles. The average Bonchev–Trinajstić information content (AvgIpc) is 2.14. The van der Waals surface area contributed by atoms with Crippen LogP contribution in [0.1, 0.15) is 26.3 Å². The lowest BCUT2D eigenvalue weighted by molar-refractivity contribution is 0.265. The molecular formula is C13H17Br2F. The van der Waals surface area contributed by atoms with Crippen molar-refractivity contribution in [3.8, 4) is 0 Å². The van der Waals surface area contributed by atoms with Crippen molar-refractivity contribution in [3.05, 3.63) is 34.1 Å². The minimum atomic E-state index is -0.121. The first-order valence-corrected chi connectivity index (χ1v) is 7.26. The van der Waals surface area contributed by atoms with Crippen LogP contribution in [-0.4, -0.2) is 5.33 Å². The van der Waals surface area contributed by atoms with Gasteiger partial charge in [-0.1, -0.05) is 58.7 Å². The minimum absolute atomic E-state index is 0.121. The number of benzene rings is 1. The molecule has 1 unspecified atom stereocenters. The highest BCUT2D eigenvalue weighted by molar-refractivity contribution is 9.10. The number of halogens is 3. The Morgan fingerprint density at radius 3 is 2.38 bits per heavy atom. The molecule has 0 aromatic heterocycles. The van der Waals surface area contributed by atoms with Gasteiger partial charge in [0.25, 0.3) is 0 Å². The van der Waals surface area contributed by atoms with Gasteiger partial charge in [0.05, 0.1) is 0 Å². The number of hydrogen-bond donors (Lipinski definition) is 0. The summed E-state index contributed by atoms with van der Waals surface area (Å²) in [5.74, 6) is 0.313. The number of hydrogen-bond acceptors (Lipinski definition) is 0. The van der Waals surface area contributed by atoms with Gasteiger partial charge in [0.2, 0.25) is 0 Å². The first kappa shape index (κ1) is 14.2. The molecule has 1 aromatic carbocycles. The fourth-order valence-electron chi connectivity index (χ4n) is 1.54. The Kier molecular flexibility index (Phi) is 4.99. The molecule has 1 atom stereocenters. The lowest BCUT2D eigenvalue weighted by Crippen LogP contribution is -2.24. The molecule has 1 aromatic rings. The second-order valence-corrected chi connectivity index (χ2v) is 6.72. The molecule has 0 amide bonds. The van der Waals surface area contributed by atoms with Crippen molar-refractivity contribution in [1.29, 1.82) is 0 Å². The third-order valence-corrected chi connectivity index (χ3v) is 4.17. The third-order valence-electron chi connectivity index (χ3n) is 2.89. The molecule has 0 aliphatic rings. The predicted molar refractivity (Wildman–Crippen MR) is 74.5 cm³/mol. The molecule has 0 spiro atoms. The monoisotopic (exact) mass is 350 g/mol. The molecule has 0 aliphatic carbocycles. The summed E-state index contributed by atoms with van der Waals surface area (Å²) in [6.07, 6.45) is 0.772. The molecule has 0 nitrogen and oxygen atoms in total. The Labute approximate surface area is 114 Å². The minimum Gasteiger partial charge on any atom is -0.207 e. The van der Waals surface area contributed by atoms with Crippen molar-refractivity contribution in [2.45, 2.75) is 27.2 Å². The zero-order chi connectivity index (χ0) is 12.3. The van der Waals surface area contributed by atoms with Crippen molar-refractivity contribution in [2.24, 2.45) is 11.3 Å². The molecule has 3 heteroatoms. The van der Waals surface area contributed by atoms with Gasteiger partial charge in [-0.05, 0) is 35.4 Å². The van der Waals surface area contributed by atoms with E-state index < -0.39 is 0 Å². The highest BCUT2D eigenvalue weighted by atomic mass is 79.9. The summed E-state index contributed by atoms with van der Waals surface area (Å²) in [4.78, 5) is 0. The van der Waals surface area contributed by atoms with Crippen LogP contribution in [0.25, 0.3) is 0 Å². The molecule has 16 heavy (non-hydrogen) atoms. The summed E-state index contributed by atoms with van der Waals surface area (Å²) < 4.78 is 14.5. The van der Waals surface area contributed by atoms with E-state index in [1.165, 1.54) is 6.07 Å². The van der Waals surface area contributed by atoms with E-state index in [-0.39, 0.29) is 11.2 Å². The number of rotatable bonds is 3. The average molecular weight is 352 g/mol. The maximum atomic E-state index is 13.7. The van der Waals surface area contributed by atoms with Gasteiger partial charge in [0.15, 0.2) is 0 Å². The van der Waals surface area contributed by atoms with E-state index in [2.05, 4.69) is 52.6 Å². The van der Waals surface area contributed by atoms with Gasteiger partial charge in [-0.2, -0.15) is 0 Å². The van der Waals surface area contributed by atoms with E-state index in [4.69, 9.17) is 0 Å². The van der Waals surface area contributed by atoms with E-state index in [9.17, 15) is 4.39 Å². The summed E-state index contributed by atoms with van der Waals surface area (Å²) in [7, 11) is 0. The lowest BCUT2D eigenvalue weighted by atomic mass is 9.78. The summed E-state index contributed by atoms with van der Waals surface area (Å²) >= 11 is 6.79. The van der Waals surface area contributed by atoms with E-state index in [0.29, 0.717) is 5.92 Å². The van der Waals surface area contributed by atoms with Gasteiger partial charge in [-0.15, -0.1) is 0 Å². The van der Waals surface area contributed by atoms with E-state index in [1.807, 2.05) is 12.1 Å². The quantitative estimate of drug-likeness (QED) is 0.657. The van der Waals surface area contributed by atoms with Gasteiger partial charge in [-0.3, -0.25) is 0 Å². The highest BCUT2D eigenvalue weighted by Crippen LogP contribution is 2.31. The zero-order valence-electron chi connectivity index (χ0n) is 9.86. The molecule has 0 radical (unpaired) electrons. The fraction of sp³-hybridized carbons (Fsp3) is 0.538.